The van der Waals surface area contributed by atoms with Crippen molar-refractivity contribution in [3.05, 3.63) is 45.8 Å². The summed E-state index contributed by atoms with van der Waals surface area (Å²) in [6.45, 7) is 0. The van der Waals surface area contributed by atoms with Crippen LogP contribution in [0.15, 0.2) is 24.7 Å². The Bertz CT molecular complexity index is 961. The van der Waals surface area contributed by atoms with Crippen LogP contribution < -0.4 is 15.2 Å². The number of aromatic nitrogens is 3. The molecule has 0 saturated carbocycles. The summed E-state index contributed by atoms with van der Waals surface area (Å²) in [6.07, 6.45) is 3.12. The molecule has 6 nitrogen and oxygen atoms in total. The zero-order chi connectivity index (χ0) is 17.3. The van der Waals surface area contributed by atoms with Crippen molar-refractivity contribution >= 4 is 34.5 Å². The van der Waals surface area contributed by atoms with Gasteiger partial charge in [-0.05, 0) is 6.07 Å². The molecule has 0 fully saturated rings. The van der Waals surface area contributed by atoms with Gasteiger partial charge in [0.1, 0.15) is 23.3 Å². The highest BCUT2D eigenvalue weighted by Gasteiger charge is 2.16. The number of halogens is 2. The maximum Gasteiger partial charge on any atom is 0.152 e. The maximum absolute atomic E-state index is 6.31. The molecule has 24 heavy (non-hydrogen) atoms. The lowest BCUT2D eigenvalue weighted by atomic mass is 10.1. The first-order valence-corrected chi connectivity index (χ1v) is 7.52. The number of nitrogens with two attached hydrogens (primary N) is 1. The summed E-state index contributed by atoms with van der Waals surface area (Å²) in [7, 11) is 3.01. The van der Waals surface area contributed by atoms with Gasteiger partial charge in [-0.15, -0.1) is 0 Å². The van der Waals surface area contributed by atoms with Crippen molar-refractivity contribution in [2.24, 2.45) is 0 Å². The Morgan fingerprint density at radius 1 is 1.12 bits per heavy atom. The summed E-state index contributed by atoms with van der Waals surface area (Å²) < 4.78 is 12.1. The molecule has 0 aliphatic rings. The number of methoxy groups -OCH3 is 2. The molecular weight excluding hydrogens is 351 g/mol. The molecule has 2 heterocycles. The van der Waals surface area contributed by atoms with E-state index in [0.717, 1.165) is 0 Å². The SMILES string of the molecule is COc1cc(OC)c(Cl)c(C#Cc2ccn3ncnc(N)c23)c1Cl. The van der Waals surface area contributed by atoms with E-state index in [1.165, 1.54) is 20.5 Å². The largest absolute Gasteiger partial charge is 0.495 e. The van der Waals surface area contributed by atoms with Crippen molar-refractivity contribution in [3.63, 3.8) is 0 Å². The summed E-state index contributed by atoms with van der Waals surface area (Å²) in [6, 6.07) is 3.39. The van der Waals surface area contributed by atoms with Crippen LogP contribution >= 0.6 is 23.2 Å². The number of hydrogen-bond donors (Lipinski definition) is 1. The molecule has 3 rings (SSSR count). The number of rotatable bonds is 2. The third-order valence-electron chi connectivity index (χ3n) is 3.38. The van der Waals surface area contributed by atoms with E-state index in [9.17, 15) is 0 Å². The lowest BCUT2D eigenvalue weighted by Crippen LogP contribution is -1.98. The van der Waals surface area contributed by atoms with Crippen LogP contribution in [0.3, 0.4) is 0 Å². The van der Waals surface area contributed by atoms with Gasteiger partial charge in [-0.25, -0.2) is 9.50 Å². The van der Waals surface area contributed by atoms with Crippen molar-refractivity contribution in [2.45, 2.75) is 0 Å². The average Bonchev–Trinajstić information content (AvgIpc) is 3.00. The molecule has 2 N–H and O–H groups in total. The fraction of sp³-hybridized carbons (Fsp3) is 0.125. The minimum Gasteiger partial charge on any atom is -0.495 e. The van der Waals surface area contributed by atoms with E-state index < -0.39 is 0 Å². The maximum atomic E-state index is 6.31. The molecule has 0 saturated heterocycles. The molecule has 0 spiro atoms. The number of fused-ring (bicyclic) bond motifs is 1. The number of anilines is 1. The summed E-state index contributed by atoms with van der Waals surface area (Å²) >= 11 is 12.6. The van der Waals surface area contributed by atoms with E-state index in [4.69, 9.17) is 38.4 Å². The van der Waals surface area contributed by atoms with Crippen molar-refractivity contribution in [1.82, 2.24) is 14.6 Å². The summed E-state index contributed by atoms with van der Waals surface area (Å²) in [5.41, 5.74) is 7.57. The van der Waals surface area contributed by atoms with Crippen LogP contribution in [-0.2, 0) is 0 Å². The van der Waals surface area contributed by atoms with Gasteiger partial charge in [-0.2, -0.15) is 5.10 Å². The molecule has 0 atom stereocenters. The van der Waals surface area contributed by atoms with E-state index in [2.05, 4.69) is 21.9 Å². The highest BCUT2D eigenvalue weighted by atomic mass is 35.5. The van der Waals surface area contributed by atoms with Gasteiger partial charge in [0.25, 0.3) is 0 Å². The van der Waals surface area contributed by atoms with Crippen LogP contribution in [0, 0.1) is 11.8 Å². The molecule has 0 bridgehead atoms. The molecule has 0 aliphatic carbocycles. The van der Waals surface area contributed by atoms with Crippen LogP contribution in [0.25, 0.3) is 5.52 Å². The fourth-order valence-corrected chi connectivity index (χ4v) is 2.80. The predicted octanol–water partition coefficient (Wildman–Crippen LogP) is 3.04. The molecule has 0 radical (unpaired) electrons. The van der Waals surface area contributed by atoms with Crippen LogP contribution in [-0.4, -0.2) is 28.8 Å². The van der Waals surface area contributed by atoms with Crippen LogP contribution in [0.2, 0.25) is 10.0 Å². The first-order chi connectivity index (χ1) is 11.6. The Hall–Kier alpha value is -2.62. The Morgan fingerprint density at radius 2 is 1.79 bits per heavy atom. The summed E-state index contributed by atoms with van der Waals surface area (Å²) in [5, 5.41) is 4.69. The first kappa shape index (κ1) is 16.2. The van der Waals surface area contributed by atoms with Gasteiger partial charge >= 0.3 is 0 Å². The molecule has 0 amide bonds. The smallest absolute Gasteiger partial charge is 0.152 e. The van der Waals surface area contributed by atoms with Crippen molar-refractivity contribution in [2.75, 3.05) is 20.0 Å². The normalized spacial score (nSPS) is 10.3. The van der Waals surface area contributed by atoms with Gasteiger partial charge in [-0.1, -0.05) is 35.0 Å². The average molecular weight is 363 g/mol. The highest BCUT2D eigenvalue weighted by Crippen LogP contribution is 2.39. The predicted molar refractivity (Wildman–Crippen MR) is 92.9 cm³/mol. The lowest BCUT2D eigenvalue weighted by Gasteiger charge is -2.10. The van der Waals surface area contributed by atoms with Crippen molar-refractivity contribution < 1.29 is 9.47 Å². The van der Waals surface area contributed by atoms with E-state index in [0.29, 0.717) is 44.0 Å². The van der Waals surface area contributed by atoms with Gasteiger partial charge in [0.2, 0.25) is 0 Å². The Kier molecular flexibility index (Phi) is 4.38. The van der Waals surface area contributed by atoms with Crippen molar-refractivity contribution in [3.8, 4) is 23.3 Å². The first-order valence-electron chi connectivity index (χ1n) is 6.76. The quantitative estimate of drug-likeness (QED) is 0.709. The van der Waals surface area contributed by atoms with Crippen molar-refractivity contribution in [1.29, 1.82) is 0 Å². The van der Waals surface area contributed by atoms with Crippen LogP contribution in [0.1, 0.15) is 11.1 Å². The Morgan fingerprint density at radius 3 is 2.42 bits per heavy atom. The number of nitrogens with zero attached hydrogens (tertiary/aromatic N) is 3. The molecule has 122 valence electrons. The Balaban J connectivity index is 2.17. The number of ether oxygens (including phenoxy) is 2. The summed E-state index contributed by atoms with van der Waals surface area (Å²) in [4.78, 5) is 3.97. The van der Waals surface area contributed by atoms with E-state index >= 15 is 0 Å². The number of nitrogen functional groups attached to an aromatic ring is 1. The fourth-order valence-electron chi connectivity index (χ4n) is 2.20. The molecule has 2 aromatic heterocycles. The Labute approximate surface area is 148 Å². The highest BCUT2D eigenvalue weighted by molar-refractivity contribution is 6.38. The standard InChI is InChI=1S/C16H12Cl2N4O2/c1-23-11-7-12(24-2)14(18)10(13(11)17)4-3-9-5-6-22-15(9)16(19)20-8-21-22/h5-8H,1-2H3,(H2,19,20,21). The van der Waals surface area contributed by atoms with Gasteiger partial charge < -0.3 is 15.2 Å². The van der Waals surface area contributed by atoms with Crippen LogP contribution in [0.4, 0.5) is 5.82 Å². The topological polar surface area (TPSA) is 74.7 Å². The second-order valence-electron chi connectivity index (χ2n) is 4.70. The summed E-state index contributed by atoms with van der Waals surface area (Å²) in [5.74, 6) is 7.13. The third kappa shape index (κ3) is 2.68. The zero-order valence-corrected chi connectivity index (χ0v) is 14.3. The second-order valence-corrected chi connectivity index (χ2v) is 5.46. The number of benzene rings is 1. The monoisotopic (exact) mass is 362 g/mol. The molecule has 3 aromatic rings. The van der Waals surface area contributed by atoms with E-state index in [1.807, 2.05) is 0 Å². The van der Waals surface area contributed by atoms with E-state index in [-0.39, 0.29) is 0 Å². The molecule has 1 aromatic carbocycles. The molecule has 0 unspecified atom stereocenters. The van der Waals surface area contributed by atoms with Gasteiger partial charge in [0.15, 0.2) is 5.82 Å². The van der Waals surface area contributed by atoms with Crippen LogP contribution in [0.5, 0.6) is 11.5 Å². The number of hydrogen-bond acceptors (Lipinski definition) is 5. The van der Waals surface area contributed by atoms with Gasteiger partial charge in [0, 0.05) is 12.3 Å². The minimum atomic E-state index is 0.309. The molecule has 0 aliphatic heterocycles. The van der Waals surface area contributed by atoms with Gasteiger partial charge in [0.05, 0.1) is 35.4 Å². The minimum absolute atomic E-state index is 0.309. The molecular formula is C16H12Cl2N4O2. The molecule has 8 heteroatoms. The van der Waals surface area contributed by atoms with E-state index in [1.54, 1.807) is 22.8 Å². The zero-order valence-electron chi connectivity index (χ0n) is 12.8. The second kappa shape index (κ2) is 6.48. The third-order valence-corrected chi connectivity index (χ3v) is 4.13. The lowest BCUT2D eigenvalue weighted by molar-refractivity contribution is 0.394. The van der Waals surface area contributed by atoms with Gasteiger partial charge in [-0.3, -0.25) is 0 Å².